The summed E-state index contributed by atoms with van der Waals surface area (Å²) in [5.74, 6) is 1.11. The lowest BCUT2D eigenvalue weighted by molar-refractivity contribution is 0.0697. The molecule has 11 heteroatoms. The first-order chi connectivity index (χ1) is 18.2. The summed E-state index contributed by atoms with van der Waals surface area (Å²) in [6.45, 7) is 0.539. The van der Waals surface area contributed by atoms with Crippen molar-refractivity contribution in [3.63, 3.8) is 0 Å². The molecule has 0 aliphatic carbocycles. The lowest BCUT2D eigenvalue weighted by atomic mass is 10.1. The minimum absolute atomic E-state index is 0.117. The van der Waals surface area contributed by atoms with E-state index in [-0.39, 0.29) is 17.0 Å². The summed E-state index contributed by atoms with van der Waals surface area (Å²) >= 11 is 0. The average Bonchev–Trinajstić information content (AvgIpc) is 2.92. The smallest absolute Gasteiger partial charge is 0.337 e. The highest BCUT2D eigenvalue weighted by Crippen LogP contribution is 2.29. The zero-order chi connectivity index (χ0) is 27.7. The van der Waals surface area contributed by atoms with Crippen molar-refractivity contribution < 1.29 is 37.3 Å². The molecule has 0 radical (unpaired) electrons. The van der Waals surface area contributed by atoms with E-state index in [1.54, 1.807) is 32.4 Å². The molecule has 3 aromatic carbocycles. The van der Waals surface area contributed by atoms with E-state index < -0.39 is 16.0 Å². The molecule has 0 heterocycles. The van der Waals surface area contributed by atoms with E-state index in [1.807, 2.05) is 18.2 Å². The highest BCUT2D eigenvalue weighted by molar-refractivity contribution is 7.89. The van der Waals surface area contributed by atoms with Crippen LogP contribution in [0, 0.1) is 0 Å². The molecule has 10 nitrogen and oxygen atoms in total. The molecule has 0 aromatic heterocycles. The monoisotopic (exact) mass is 544 g/mol. The highest BCUT2D eigenvalue weighted by atomic mass is 32.2. The first kappa shape index (κ1) is 28.6. The Morgan fingerprint density at radius 3 is 1.76 bits per heavy atom. The Kier molecular flexibility index (Phi) is 9.80. The summed E-state index contributed by atoms with van der Waals surface area (Å²) in [4.78, 5) is 11.8. The molecule has 3 aromatic rings. The second-order valence-electron chi connectivity index (χ2n) is 8.22. The Balaban J connectivity index is 1.65. The summed E-state index contributed by atoms with van der Waals surface area (Å²) in [6.07, 6.45) is 0.984. The minimum atomic E-state index is -3.93. The van der Waals surface area contributed by atoms with Gasteiger partial charge in [0.2, 0.25) is 10.0 Å². The fourth-order valence-corrected chi connectivity index (χ4v) is 4.91. The Labute approximate surface area is 222 Å². The van der Waals surface area contributed by atoms with E-state index in [0.717, 1.165) is 17.2 Å². The number of benzene rings is 3. The van der Waals surface area contributed by atoms with Gasteiger partial charge in [-0.05, 0) is 66.4 Å². The van der Waals surface area contributed by atoms with Crippen LogP contribution in [-0.2, 0) is 22.9 Å². The van der Waals surface area contributed by atoms with Gasteiger partial charge in [-0.15, -0.1) is 0 Å². The number of hydrogen-bond acceptors (Lipinski definition) is 8. The van der Waals surface area contributed by atoms with Crippen molar-refractivity contribution in [3.05, 3.63) is 71.3 Å². The number of carbonyl (C=O) groups is 1. The number of sulfonamides is 1. The standard InChI is InChI=1S/C27H32N2O8S/c1-34-23-9-5-18(15-25(23)36-3)11-13-28-22-8-7-20(17-21(22)27(30)31)38(32,33)29-14-12-19-6-10-24(35-2)26(16-19)37-4/h5-10,15-17,28-29H,11-14H2,1-4H3,(H,30,31). The Morgan fingerprint density at radius 2 is 1.26 bits per heavy atom. The summed E-state index contributed by atoms with van der Waals surface area (Å²) < 4.78 is 49.3. The Hall–Kier alpha value is -3.96. The molecular formula is C27H32N2O8S. The van der Waals surface area contributed by atoms with E-state index in [2.05, 4.69) is 10.0 Å². The number of anilines is 1. The molecule has 0 saturated carbocycles. The van der Waals surface area contributed by atoms with Gasteiger partial charge in [0.25, 0.3) is 0 Å². The lowest BCUT2D eigenvalue weighted by Gasteiger charge is -2.13. The number of carboxylic acid groups (broad SMARTS) is 1. The van der Waals surface area contributed by atoms with Gasteiger partial charge in [-0.3, -0.25) is 0 Å². The van der Waals surface area contributed by atoms with Crippen molar-refractivity contribution in [1.29, 1.82) is 0 Å². The number of methoxy groups -OCH3 is 4. The number of nitrogens with one attached hydrogen (secondary N) is 2. The number of rotatable bonds is 14. The number of aromatic carboxylic acids is 1. The van der Waals surface area contributed by atoms with Gasteiger partial charge in [-0.2, -0.15) is 0 Å². The van der Waals surface area contributed by atoms with E-state index in [1.165, 1.54) is 26.4 Å². The summed E-state index contributed by atoms with van der Waals surface area (Å²) in [5, 5.41) is 12.8. The second kappa shape index (κ2) is 13.0. The van der Waals surface area contributed by atoms with Crippen molar-refractivity contribution in [2.24, 2.45) is 0 Å². The lowest BCUT2D eigenvalue weighted by Crippen LogP contribution is -2.26. The normalized spacial score (nSPS) is 11.1. The maximum absolute atomic E-state index is 12.9. The van der Waals surface area contributed by atoms with Crippen LogP contribution >= 0.6 is 0 Å². The Morgan fingerprint density at radius 1 is 0.737 bits per heavy atom. The maximum Gasteiger partial charge on any atom is 0.337 e. The van der Waals surface area contributed by atoms with E-state index in [4.69, 9.17) is 18.9 Å². The third-order valence-electron chi connectivity index (χ3n) is 5.86. The van der Waals surface area contributed by atoms with Crippen molar-refractivity contribution in [2.75, 3.05) is 46.8 Å². The largest absolute Gasteiger partial charge is 0.493 e. The molecule has 38 heavy (non-hydrogen) atoms. The second-order valence-corrected chi connectivity index (χ2v) is 9.98. The van der Waals surface area contributed by atoms with Crippen LogP contribution in [0.15, 0.2) is 59.5 Å². The zero-order valence-corrected chi connectivity index (χ0v) is 22.6. The first-order valence-electron chi connectivity index (χ1n) is 11.7. The van der Waals surface area contributed by atoms with Crippen LogP contribution in [0.3, 0.4) is 0 Å². The zero-order valence-electron chi connectivity index (χ0n) is 21.7. The van der Waals surface area contributed by atoms with Gasteiger partial charge in [-0.1, -0.05) is 12.1 Å². The Bertz CT molecular complexity index is 1380. The van der Waals surface area contributed by atoms with Crippen LogP contribution in [0.4, 0.5) is 5.69 Å². The molecular weight excluding hydrogens is 512 g/mol. The van der Waals surface area contributed by atoms with Gasteiger partial charge >= 0.3 is 5.97 Å². The van der Waals surface area contributed by atoms with Crippen LogP contribution in [-0.4, -0.2) is 61.0 Å². The molecule has 3 rings (SSSR count). The quantitative estimate of drug-likeness (QED) is 0.278. The molecule has 0 amide bonds. The SMILES string of the molecule is COc1ccc(CCNc2ccc(S(=O)(=O)NCCc3ccc(OC)c(OC)c3)cc2C(=O)O)cc1OC. The minimum Gasteiger partial charge on any atom is -0.493 e. The molecule has 204 valence electrons. The fourth-order valence-electron chi connectivity index (χ4n) is 3.85. The van der Waals surface area contributed by atoms with Crippen molar-refractivity contribution in [2.45, 2.75) is 17.7 Å². The maximum atomic E-state index is 12.9. The third-order valence-corrected chi connectivity index (χ3v) is 7.32. The van der Waals surface area contributed by atoms with Crippen LogP contribution in [0.1, 0.15) is 21.5 Å². The molecule has 0 bridgehead atoms. The van der Waals surface area contributed by atoms with Crippen molar-refractivity contribution in [3.8, 4) is 23.0 Å². The van der Waals surface area contributed by atoms with Crippen molar-refractivity contribution >= 4 is 21.7 Å². The van der Waals surface area contributed by atoms with Gasteiger partial charge < -0.3 is 29.4 Å². The molecule has 0 atom stereocenters. The highest BCUT2D eigenvalue weighted by Gasteiger charge is 2.19. The van der Waals surface area contributed by atoms with Crippen LogP contribution < -0.4 is 29.0 Å². The number of hydrogen-bond donors (Lipinski definition) is 3. The predicted molar refractivity (Wildman–Crippen MR) is 144 cm³/mol. The molecule has 0 unspecified atom stereocenters. The molecule has 0 fully saturated rings. The van der Waals surface area contributed by atoms with Crippen LogP contribution in [0.5, 0.6) is 23.0 Å². The average molecular weight is 545 g/mol. The van der Waals surface area contributed by atoms with Crippen molar-refractivity contribution in [1.82, 2.24) is 4.72 Å². The summed E-state index contributed by atoms with van der Waals surface area (Å²) in [5.41, 5.74) is 2.00. The van der Waals surface area contributed by atoms with Gasteiger partial charge in [0, 0.05) is 18.8 Å². The first-order valence-corrected chi connectivity index (χ1v) is 13.2. The number of carboxylic acids is 1. The van der Waals surface area contributed by atoms with Gasteiger partial charge in [0.05, 0.1) is 38.9 Å². The van der Waals surface area contributed by atoms with Gasteiger partial charge in [0.15, 0.2) is 23.0 Å². The molecule has 0 spiro atoms. The molecule has 0 aliphatic heterocycles. The molecule has 0 aliphatic rings. The summed E-state index contributed by atoms with van der Waals surface area (Å²) in [7, 11) is 2.25. The molecule has 3 N–H and O–H groups in total. The predicted octanol–water partition coefficient (Wildman–Crippen LogP) is 3.59. The van der Waals surface area contributed by atoms with Crippen LogP contribution in [0.25, 0.3) is 0 Å². The number of ether oxygens (including phenoxy) is 4. The topological polar surface area (TPSA) is 132 Å². The van der Waals surface area contributed by atoms with Crippen LogP contribution in [0.2, 0.25) is 0 Å². The third kappa shape index (κ3) is 7.08. The van der Waals surface area contributed by atoms with E-state index in [0.29, 0.717) is 48.1 Å². The van der Waals surface area contributed by atoms with Gasteiger partial charge in [-0.25, -0.2) is 17.9 Å². The molecule has 0 saturated heterocycles. The van der Waals surface area contributed by atoms with E-state index in [9.17, 15) is 18.3 Å². The fraction of sp³-hybridized carbons (Fsp3) is 0.296. The van der Waals surface area contributed by atoms with Gasteiger partial charge in [0.1, 0.15) is 0 Å². The summed E-state index contributed by atoms with van der Waals surface area (Å²) in [6, 6.07) is 14.9. The van der Waals surface area contributed by atoms with E-state index >= 15 is 0 Å².